The second kappa shape index (κ2) is 5.30. The second-order valence-electron chi connectivity index (χ2n) is 3.49. The van der Waals surface area contributed by atoms with Crippen LogP contribution in [0.2, 0.25) is 0 Å². The van der Waals surface area contributed by atoms with Crippen LogP contribution < -0.4 is 4.74 Å². The predicted molar refractivity (Wildman–Crippen MR) is 64.5 cm³/mol. The molecule has 0 fully saturated rings. The summed E-state index contributed by atoms with van der Waals surface area (Å²) >= 11 is 1.81. The fourth-order valence-electron chi connectivity index (χ4n) is 1.37. The molecule has 0 aliphatic heterocycles. The molecular weight excluding hydrogens is 192 g/mol. The van der Waals surface area contributed by atoms with Crippen LogP contribution in [0.15, 0.2) is 12.1 Å². The van der Waals surface area contributed by atoms with E-state index in [0.29, 0.717) is 0 Å². The number of hydrogen-bond acceptors (Lipinski definition) is 2. The highest BCUT2D eigenvalue weighted by Gasteiger charge is 2.05. The summed E-state index contributed by atoms with van der Waals surface area (Å²) in [6.07, 6.45) is 2.10. The molecule has 0 heterocycles. The van der Waals surface area contributed by atoms with E-state index in [0.717, 1.165) is 18.1 Å². The molecule has 0 amide bonds. The molecule has 0 unspecified atom stereocenters. The summed E-state index contributed by atoms with van der Waals surface area (Å²) in [5.41, 5.74) is 3.80. The minimum Gasteiger partial charge on any atom is -0.492 e. The third-order valence-corrected chi connectivity index (χ3v) is 2.98. The van der Waals surface area contributed by atoms with E-state index in [2.05, 4.69) is 39.2 Å². The van der Waals surface area contributed by atoms with Gasteiger partial charge < -0.3 is 4.74 Å². The Balaban J connectivity index is 2.79. The van der Waals surface area contributed by atoms with Gasteiger partial charge in [0.15, 0.2) is 0 Å². The number of thioether (sulfide) groups is 1. The SMILES string of the molecule is CSCCOc1c(C)ccc(C)c1C. The molecule has 0 aliphatic rings. The second-order valence-corrected chi connectivity index (χ2v) is 4.48. The number of rotatable bonds is 4. The Hall–Kier alpha value is -0.630. The van der Waals surface area contributed by atoms with Crippen LogP contribution in [-0.2, 0) is 0 Å². The number of ether oxygens (including phenoxy) is 1. The molecule has 1 aromatic rings. The van der Waals surface area contributed by atoms with Crippen molar-refractivity contribution < 1.29 is 4.74 Å². The Labute approximate surface area is 90.9 Å². The number of benzene rings is 1. The summed E-state index contributed by atoms with van der Waals surface area (Å²) < 4.78 is 5.77. The first-order chi connectivity index (χ1) is 6.66. The molecule has 0 aliphatic carbocycles. The van der Waals surface area contributed by atoms with Gasteiger partial charge in [0.2, 0.25) is 0 Å². The highest BCUT2D eigenvalue weighted by molar-refractivity contribution is 7.98. The first kappa shape index (κ1) is 11.4. The van der Waals surface area contributed by atoms with Crippen molar-refractivity contribution in [1.82, 2.24) is 0 Å². The van der Waals surface area contributed by atoms with Crippen LogP contribution in [0.4, 0.5) is 0 Å². The Bertz CT molecular complexity index is 307. The van der Waals surface area contributed by atoms with Crippen LogP contribution in [0.5, 0.6) is 5.75 Å². The molecule has 0 radical (unpaired) electrons. The molecule has 1 rings (SSSR count). The van der Waals surface area contributed by atoms with Crippen LogP contribution in [-0.4, -0.2) is 18.6 Å². The monoisotopic (exact) mass is 210 g/mol. The summed E-state index contributed by atoms with van der Waals surface area (Å²) in [4.78, 5) is 0. The van der Waals surface area contributed by atoms with E-state index in [9.17, 15) is 0 Å². The van der Waals surface area contributed by atoms with Crippen molar-refractivity contribution in [3.05, 3.63) is 28.8 Å². The lowest BCUT2D eigenvalue weighted by molar-refractivity contribution is 0.339. The van der Waals surface area contributed by atoms with Crippen molar-refractivity contribution in [2.75, 3.05) is 18.6 Å². The van der Waals surface area contributed by atoms with Crippen molar-refractivity contribution in [3.8, 4) is 5.75 Å². The molecular formula is C12H18OS. The van der Waals surface area contributed by atoms with Crippen molar-refractivity contribution in [2.24, 2.45) is 0 Å². The zero-order chi connectivity index (χ0) is 10.6. The van der Waals surface area contributed by atoms with Crippen molar-refractivity contribution in [3.63, 3.8) is 0 Å². The van der Waals surface area contributed by atoms with Gasteiger partial charge in [0.05, 0.1) is 6.61 Å². The molecule has 0 spiro atoms. The van der Waals surface area contributed by atoms with Gasteiger partial charge in [0.25, 0.3) is 0 Å². The average molecular weight is 210 g/mol. The van der Waals surface area contributed by atoms with Gasteiger partial charge in [-0.25, -0.2) is 0 Å². The lowest BCUT2D eigenvalue weighted by Gasteiger charge is -2.13. The van der Waals surface area contributed by atoms with Gasteiger partial charge in [-0.15, -0.1) is 0 Å². The van der Waals surface area contributed by atoms with Crippen LogP contribution in [0.1, 0.15) is 16.7 Å². The average Bonchev–Trinajstić information content (AvgIpc) is 2.18. The summed E-state index contributed by atoms with van der Waals surface area (Å²) in [6, 6.07) is 4.27. The molecule has 1 nitrogen and oxygen atoms in total. The van der Waals surface area contributed by atoms with Crippen LogP contribution in [0, 0.1) is 20.8 Å². The molecule has 0 bridgehead atoms. The Morgan fingerprint density at radius 3 is 2.43 bits per heavy atom. The smallest absolute Gasteiger partial charge is 0.125 e. The molecule has 14 heavy (non-hydrogen) atoms. The zero-order valence-corrected chi connectivity index (χ0v) is 10.2. The molecule has 0 atom stereocenters. The quantitative estimate of drug-likeness (QED) is 0.705. The normalized spacial score (nSPS) is 10.3. The highest BCUT2D eigenvalue weighted by Crippen LogP contribution is 2.25. The van der Waals surface area contributed by atoms with E-state index in [-0.39, 0.29) is 0 Å². The van der Waals surface area contributed by atoms with E-state index in [1.165, 1.54) is 16.7 Å². The minimum atomic E-state index is 0.798. The first-order valence-corrected chi connectivity index (χ1v) is 6.24. The zero-order valence-electron chi connectivity index (χ0n) is 9.39. The lowest BCUT2D eigenvalue weighted by Crippen LogP contribution is -2.03. The molecule has 1 aromatic carbocycles. The molecule has 78 valence electrons. The molecule has 2 heteroatoms. The standard InChI is InChI=1S/C12H18OS/c1-9-5-6-10(2)12(11(9)3)13-7-8-14-4/h5-6H,7-8H2,1-4H3. The van der Waals surface area contributed by atoms with E-state index in [1.54, 1.807) is 0 Å². The van der Waals surface area contributed by atoms with Gasteiger partial charge >= 0.3 is 0 Å². The van der Waals surface area contributed by atoms with E-state index < -0.39 is 0 Å². The molecule has 0 saturated carbocycles. The maximum atomic E-state index is 5.77. The van der Waals surface area contributed by atoms with Gasteiger partial charge in [0.1, 0.15) is 5.75 Å². The maximum absolute atomic E-state index is 5.77. The Morgan fingerprint density at radius 1 is 1.14 bits per heavy atom. The molecule has 0 N–H and O–H groups in total. The van der Waals surface area contributed by atoms with Crippen LogP contribution in [0.25, 0.3) is 0 Å². The third-order valence-electron chi connectivity index (χ3n) is 2.41. The summed E-state index contributed by atoms with van der Waals surface area (Å²) in [5.74, 6) is 2.12. The van der Waals surface area contributed by atoms with Gasteiger partial charge in [-0.1, -0.05) is 12.1 Å². The number of hydrogen-bond donors (Lipinski definition) is 0. The van der Waals surface area contributed by atoms with Gasteiger partial charge in [0, 0.05) is 5.75 Å². The van der Waals surface area contributed by atoms with Gasteiger partial charge in [-0.2, -0.15) is 11.8 Å². The van der Waals surface area contributed by atoms with Crippen molar-refractivity contribution in [2.45, 2.75) is 20.8 Å². The van der Waals surface area contributed by atoms with Gasteiger partial charge in [-0.3, -0.25) is 0 Å². The van der Waals surface area contributed by atoms with E-state index in [1.807, 2.05) is 11.8 Å². The summed E-state index contributed by atoms with van der Waals surface area (Å²) in [7, 11) is 0. The summed E-state index contributed by atoms with van der Waals surface area (Å²) in [5, 5.41) is 0. The fraction of sp³-hybridized carbons (Fsp3) is 0.500. The molecule has 0 saturated heterocycles. The fourth-order valence-corrected chi connectivity index (χ4v) is 1.62. The van der Waals surface area contributed by atoms with Gasteiger partial charge in [-0.05, 0) is 43.7 Å². The predicted octanol–water partition coefficient (Wildman–Crippen LogP) is 3.35. The van der Waals surface area contributed by atoms with E-state index in [4.69, 9.17) is 4.74 Å². The van der Waals surface area contributed by atoms with Crippen molar-refractivity contribution in [1.29, 1.82) is 0 Å². The van der Waals surface area contributed by atoms with Crippen molar-refractivity contribution >= 4 is 11.8 Å². The first-order valence-electron chi connectivity index (χ1n) is 4.85. The highest BCUT2D eigenvalue weighted by atomic mass is 32.2. The van der Waals surface area contributed by atoms with Crippen LogP contribution >= 0.6 is 11.8 Å². The van der Waals surface area contributed by atoms with Crippen LogP contribution in [0.3, 0.4) is 0 Å². The number of aryl methyl sites for hydroxylation is 2. The minimum absolute atomic E-state index is 0.798. The Morgan fingerprint density at radius 2 is 1.79 bits per heavy atom. The summed E-state index contributed by atoms with van der Waals surface area (Å²) in [6.45, 7) is 7.14. The topological polar surface area (TPSA) is 9.23 Å². The largest absolute Gasteiger partial charge is 0.492 e. The maximum Gasteiger partial charge on any atom is 0.125 e. The Kier molecular flexibility index (Phi) is 4.33. The lowest BCUT2D eigenvalue weighted by atomic mass is 10.1. The van der Waals surface area contributed by atoms with E-state index >= 15 is 0 Å². The molecule has 0 aromatic heterocycles. The third kappa shape index (κ3) is 2.68.